The predicted molar refractivity (Wildman–Crippen MR) is 80.3 cm³/mol. The molecular weight excluding hydrogens is 268 g/mol. The molecule has 1 aromatic heterocycles. The Bertz CT molecular complexity index is 537. The van der Waals surface area contributed by atoms with Crippen molar-refractivity contribution in [3.05, 3.63) is 36.2 Å². The van der Waals surface area contributed by atoms with Crippen LogP contribution in [0.15, 0.2) is 30.5 Å². The molecule has 0 saturated heterocycles. The number of rotatable bonds is 8. The summed E-state index contributed by atoms with van der Waals surface area (Å²) in [5.41, 5.74) is 6.52. The van der Waals surface area contributed by atoms with E-state index < -0.39 is 0 Å². The number of aromatic nitrogens is 3. The standard InChI is InChI=1S/C15H22N4O2/c1-3-9-20-13-4-6-14(7-5-13)21-10-8-19-11-15(12(2)16)17-18-19/h4-7,11-12H,3,8-10,16H2,1-2H3. The van der Waals surface area contributed by atoms with Crippen molar-refractivity contribution in [3.8, 4) is 11.5 Å². The third kappa shape index (κ3) is 4.75. The molecule has 21 heavy (non-hydrogen) atoms. The third-order valence-corrected chi connectivity index (χ3v) is 2.91. The van der Waals surface area contributed by atoms with Crippen LogP contribution in [0, 0.1) is 0 Å². The van der Waals surface area contributed by atoms with Crippen LogP contribution in [-0.2, 0) is 6.54 Å². The number of hydrogen-bond donors (Lipinski definition) is 1. The molecule has 0 radical (unpaired) electrons. The lowest BCUT2D eigenvalue weighted by Gasteiger charge is -2.08. The minimum absolute atomic E-state index is 0.102. The zero-order valence-corrected chi connectivity index (χ0v) is 12.5. The van der Waals surface area contributed by atoms with Gasteiger partial charge in [0.2, 0.25) is 0 Å². The van der Waals surface area contributed by atoms with Gasteiger partial charge in [0, 0.05) is 6.04 Å². The largest absolute Gasteiger partial charge is 0.494 e. The Labute approximate surface area is 124 Å². The van der Waals surface area contributed by atoms with E-state index in [1.807, 2.05) is 37.4 Å². The van der Waals surface area contributed by atoms with Crippen LogP contribution in [0.4, 0.5) is 0 Å². The Morgan fingerprint density at radius 2 is 1.76 bits per heavy atom. The van der Waals surface area contributed by atoms with Gasteiger partial charge in [0.25, 0.3) is 0 Å². The average Bonchev–Trinajstić information content (AvgIpc) is 2.95. The number of ether oxygens (including phenoxy) is 2. The van der Waals surface area contributed by atoms with E-state index >= 15 is 0 Å². The van der Waals surface area contributed by atoms with Gasteiger partial charge in [-0.1, -0.05) is 12.1 Å². The Morgan fingerprint density at radius 3 is 2.29 bits per heavy atom. The molecule has 1 atom stereocenters. The molecule has 0 saturated carbocycles. The summed E-state index contributed by atoms with van der Waals surface area (Å²) in [7, 11) is 0. The van der Waals surface area contributed by atoms with Crippen molar-refractivity contribution in [2.75, 3.05) is 13.2 Å². The Hall–Kier alpha value is -2.08. The molecule has 2 rings (SSSR count). The highest BCUT2D eigenvalue weighted by Crippen LogP contribution is 2.17. The van der Waals surface area contributed by atoms with E-state index in [-0.39, 0.29) is 6.04 Å². The van der Waals surface area contributed by atoms with Crippen LogP contribution in [0.2, 0.25) is 0 Å². The van der Waals surface area contributed by atoms with Gasteiger partial charge in [0.1, 0.15) is 18.1 Å². The average molecular weight is 290 g/mol. The van der Waals surface area contributed by atoms with Crippen LogP contribution in [0.25, 0.3) is 0 Å². The van der Waals surface area contributed by atoms with Crippen molar-refractivity contribution in [1.82, 2.24) is 15.0 Å². The summed E-state index contributed by atoms with van der Waals surface area (Å²) >= 11 is 0. The number of hydrogen-bond acceptors (Lipinski definition) is 5. The van der Waals surface area contributed by atoms with Crippen LogP contribution in [0.5, 0.6) is 11.5 Å². The molecule has 0 spiro atoms. The highest BCUT2D eigenvalue weighted by Gasteiger charge is 2.05. The summed E-state index contributed by atoms with van der Waals surface area (Å²) in [5, 5.41) is 8.00. The molecule has 1 heterocycles. The molecule has 0 bridgehead atoms. The third-order valence-electron chi connectivity index (χ3n) is 2.91. The fourth-order valence-corrected chi connectivity index (χ4v) is 1.74. The van der Waals surface area contributed by atoms with E-state index in [1.165, 1.54) is 0 Å². The van der Waals surface area contributed by atoms with Gasteiger partial charge in [-0.2, -0.15) is 0 Å². The van der Waals surface area contributed by atoms with Gasteiger partial charge < -0.3 is 15.2 Å². The molecule has 2 aromatic rings. The lowest BCUT2D eigenvalue weighted by atomic mass is 10.3. The van der Waals surface area contributed by atoms with Crippen LogP contribution in [-0.4, -0.2) is 28.2 Å². The van der Waals surface area contributed by atoms with Gasteiger partial charge in [-0.3, -0.25) is 0 Å². The van der Waals surface area contributed by atoms with E-state index in [2.05, 4.69) is 17.2 Å². The number of nitrogens with zero attached hydrogens (tertiary/aromatic N) is 3. The number of nitrogens with two attached hydrogens (primary N) is 1. The maximum atomic E-state index is 5.74. The van der Waals surface area contributed by atoms with Crippen LogP contribution in [0.1, 0.15) is 32.0 Å². The molecule has 1 unspecified atom stereocenters. The highest BCUT2D eigenvalue weighted by atomic mass is 16.5. The molecular formula is C15H22N4O2. The molecule has 0 fully saturated rings. The zero-order valence-electron chi connectivity index (χ0n) is 12.5. The van der Waals surface area contributed by atoms with Gasteiger partial charge in [0.15, 0.2) is 0 Å². The second-order valence-corrected chi connectivity index (χ2v) is 4.86. The second kappa shape index (κ2) is 7.64. The first-order valence-corrected chi connectivity index (χ1v) is 7.20. The highest BCUT2D eigenvalue weighted by molar-refractivity contribution is 5.31. The summed E-state index contributed by atoms with van der Waals surface area (Å²) < 4.78 is 12.9. The van der Waals surface area contributed by atoms with Crippen molar-refractivity contribution >= 4 is 0 Å². The van der Waals surface area contributed by atoms with Gasteiger partial charge in [-0.25, -0.2) is 4.68 Å². The first-order valence-electron chi connectivity index (χ1n) is 7.20. The molecule has 114 valence electrons. The van der Waals surface area contributed by atoms with Gasteiger partial charge in [-0.15, -0.1) is 5.10 Å². The fraction of sp³-hybridized carbons (Fsp3) is 0.467. The maximum absolute atomic E-state index is 5.74. The molecule has 2 N–H and O–H groups in total. The van der Waals surface area contributed by atoms with E-state index in [0.717, 1.165) is 30.2 Å². The van der Waals surface area contributed by atoms with Crippen molar-refractivity contribution in [3.63, 3.8) is 0 Å². The summed E-state index contributed by atoms with van der Waals surface area (Å²) in [6, 6.07) is 7.53. The molecule has 0 aliphatic rings. The number of benzene rings is 1. The molecule has 0 aliphatic carbocycles. The summed E-state index contributed by atoms with van der Waals surface area (Å²) in [6.07, 6.45) is 2.84. The quantitative estimate of drug-likeness (QED) is 0.806. The van der Waals surface area contributed by atoms with E-state index in [1.54, 1.807) is 4.68 Å². The van der Waals surface area contributed by atoms with Gasteiger partial charge in [-0.05, 0) is 37.6 Å². The van der Waals surface area contributed by atoms with Gasteiger partial charge >= 0.3 is 0 Å². The first-order chi connectivity index (χ1) is 10.2. The Balaban J connectivity index is 1.77. The second-order valence-electron chi connectivity index (χ2n) is 4.86. The van der Waals surface area contributed by atoms with E-state index in [0.29, 0.717) is 13.2 Å². The van der Waals surface area contributed by atoms with Crippen molar-refractivity contribution in [2.45, 2.75) is 32.9 Å². The SMILES string of the molecule is CCCOc1ccc(OCCn2cc(C(C)N)nn2)cc1. The lowest BCUT2D eigenvalue weighted by molar-refractivity contribution is 0.287. The van der Waals surface area contributed by atoms with Crippen LogP contribution < -0.4 is 15.2 Å². The Kier molecular flexibility index (Phi) is 5.57. The predicted octanol–water partition coefficient (Wildman–Crippen LogP) is 2.17. The lowest BCUT2D eigenvalue weighted by Crippen LogP contribution is -2.09. The Morgan fingerprint density at radius 1 is 1.14 bits per heavy atom. The van der Waals surface area contributed by atoms with Crippen molar-refractivity contribution in [2.24, 2.45) is 5.73 Å². The minimum Gasteiger partial charge on any atom is -0.494 e. The molecule has 0 aliphatic heterocycles. The van der Waals surface area contributed by atoms with Crippen LogP contribution >= 0.6 is 0 Å². The van der Waals surface area contributed by atoms with E-state index in [4.69, 9.17) is 15.2 Å². The maximum Gasteiger partial charge on any atom is 0.119 e. The fourth-order valence-electron chi connectivity index (χ4n) is 1.74. The normalized spacial score (nSPS) is 12.1. The van der Waals surface area contributed by atoms with Gasteiger partial charge in [0.05, 0.1) is 25.0 Å². The zero-order chi connectivity index (χ0) is 15.1. The summed E-state index contributed by atoms with van der Waals surface area (Å²) in [5.74, 6) is 1.67. The summed E-state index contributed by atoms with van der Waals surface area (Å²) in [4.78, 5) is 0. The van der Waals surface area contributed by atoms with E-state index in [9.17, 15) is 0 Å². The molecule has 1 aromatic carbocycles. The molecule has 0 amide bonds. The van der Waals surface area contributed by atoms with Crippen LogP contribution in [0.3, 0.4) is 0 Å². The monoisotopic (exact) mass is 290 g/mol. The van der Waals surface area contributed by atoms with Crippen molar-refractivity contribution in [1.29, 1.82) is 0 Å². The smallest absolute Gasteiger partial charge is 0.119 e. The first kappa shape index (κ1) is 15.3. The summed E-state index contributed by atoms with van der Waals surface area (Å²) in [6.45, 7) is 5.85. The minimum atomic E-state index is -0.102. The van der Waals surface area contributed by atoms with Crippen molar-refractivity contribution < 1.29 is 9.47 Å². The molecule has 6 nitrogen and oxygen atoms in total. The topological polar surface area (TPSA) is 75.2 Å². The molecule has 6 heteroatoms.